The predicted octanol–water partition coefficient (Wildman–Crippen LogP) is 2.14. The Bertz CT molecular complexity index is 448. The maximum atomic E-state index is 5.89. The predicted molar refractivity (Wildman–Crippen MR) is 67.8 cm³/mol. The summed E-state index contributed by atoms with van der Waals surface area (Å²) in [6.45, 7) is 4.07. The Morgan fingerprint density at radius 3 is 2.94 bits per heavy atom. The van der Waals surface area contributed by atoms with E-state index in [-0.39, 0.29) is 12.1 Å². The summed E-state index contributed by atoms with van der Waals surface area (Å²) in [4.78, 5) is 1.28. The highest BCUT2D eigenvalue weighted by atomic mass is 32.1. The quantitative estimate of drug-likeness (QED) is 0.884. The van der Waals surface area contributed by atoms with Crippen molar-refractivity contribution in [2.75, 3.05) is 0 Å². The molecule has 2 aromatic rings. The van der Waals surface area contributed by atoms with Crippen LogP contribution in [-0.2, 0) is 0 Å². The lowest BCUT2D eigenvalue weighted by Crippen LogP contribution is -2.19. The highest BCUT2D eigenvalue weighted by Gasteiger charge is 2.21. The Hall–Kier alpha value is -1.27. The first-order valence-electron chi connectivity index (χ1n) is 5.80. The lowest BCUT2D eigenvalue weighted by atomic mass is 10.1. The highest BCUT2D eigenvalue weighted by Crippen LogP contribution is 2.28. The molecule has 0 aliphatic carbocycles. The van der Waals surface area contributed by atoms with Crippen LogP contribution in [0.4, 0.5) is 0 Å². The monoisotopic (exact) mass is 251 g/mol. The van der Waals surface area contributed by atoms with E-state index in [0.717, 1.165) is 18.7 Å². The topological polar surface area (TPSA) is 69.6 Å². The average Bonchev–Trinajstić information content (AvgIpc) is 2.96. The molecule has 2 rings (SSSR count). The summed E-state index contributed by atoms with van der Waals surface area (Å²) in [6.07, 6.45) is 2.10. The number of aromatic nitrogens is 4. The number of nitrogens with zero attached hydrogens (tertiary/aromatic N) is 4. The molecule has 92 valence electrons. The third-order valence-corrected chi connectivity index (χ3v) is 3.63. The zero-order valence-corrected chi connectivity index (χ0v) is 10.9. The van der Waals surface area contributed by atoms with Crippen molar-refractivity contribution in [3.05, 3.63) is 28.2 Å². The zero-order valence-electron chi connectivity index (χ0n) is 10.1. The van der Waals surface area contributed by atoms with E-state index in [1.807, 2.05) is 11.6 Å². The molecule has 2 atom stereocenters. The minimum atomic E-state index is -0.149. The average molecular weight is 251 g/mol. The molecule has 0 fully saturated rings. The molecule has 2 heterocycles. The smallest absolute Gasteiger partial charge is 0.168 e. The van der Waals surface area contributed by atoms with E-state index in [4.69, 9.17) is 5.73 Å². The fraction of sp³-hybridized carbons (Fsp3) is 0.545. The Morgan fingerprint density at radius 1 is 1.53 bits per heavy atom. The van der Waals surface area contributed by atoms with Gasteiger partial charge < -0.3 is 5.73 Å². The molecule has 0 aliphatic heterocycles. The van der Waals surface area contributed by atoms with Crippen molar-refractivity contribution in [3.8, 4) is 0 Å². The number of thiophene rings is 1. The van der Waals surface area contributed by atoms with Crippen LogP contribution in [0.25, 0.3) is 0 Å². The first-order valence-corrected chi connectivity index (χ1v) is 6.68. The summed E-state index contributed by atoms with van der Waals surface area (Å²) in [7, 11) is 0. The maximum absolute atomic E-state index is 5.89. The van der Waals surface area contributed by atoms with Crippen molar-refractivity contribution in [2.45, 2.75) is 38.8 Å². The van der Waals surface area contributed by atoms with Gasteiger partial charge in [-0.3, -0.25) is 0 Å². The standard InChI is InChI=1S/C11H17N5S/c1-3-5-9(10-6-4-7-17-10)16-11(8(2)12)13-14-15-16/h4,6-9H,3,5,12H2,1-2H3. The Balaban J connectivity index is 2.36. The number of hydrogen-bond donors (Lipinski definition) is 1. The molecule has 0 saturated heterocycles. The largest absolute Gasteiger partial charge is 0.322 e. The molecule has 0 saturated carbocycles. The fourth-order valence-corrected chi connectivity index (χ4v) is 2.71. The van der Waals surface area contributed by atoms with Crippen molar-refractivity contribution in [1.82, 2.24) is 20.2 Å². The van der Waals surface area contributed by atoms with Gasteiger partial charge in [0.15, 0.2) is 5.82 Å². The minimum absolute atomic E-state index is 0.149. The fourth-order valence-electron chi connectivity index (χ4n) is 1.86. The molecule has 0 aliphatic rings. The summed E-state index contributed by atoms with van der Waals surface area (Å²) in [5.74, 6) is 0.747. The van der Waals surface area contributed by atoms with Crippen LogP contribution >= 0.6 is 11.3 Å². The van der Waals surface area contributed by atoms with Crippen LogP contribution < -0.4 is 5.73 Å². The summed E-state index contributed by atoms with van der Waals surface area (Å²) in [6, 6.07) is 4.23. The molecular weight excluding hydrogens is 234 g/mol. The first kappa shape index (κ1) is 12.2. The summed E-state index contributed by atoms with van der Waals surface area (Å²) >= 11 is 1.73. The van der Waals surface area contributed by atoms with Crippen molar-refractivity contribution in [2.24, 2.45) is 5.73 Å². The van der Waals surface area contributed by atoms with Gasteiger partial charge in [-0.15, -0.1) is 16.4 Å². The lowest BCUT2D eigenvalue weighted by molar-refractivity contribution is 0.451. The first-order chi connectivity index (χ1) is 8.24. The van der Waals surface area contributed by atoms with E-state index in [2.05, 4.69) is 40.0 Å². The van der Waals surface area contributed by atoms with Gasteiger partial charge in [0.1, 0.15) is 0 Å². The van der Waals surface area contributed by atoms with Gasteiger partial charge in [0.05, 0.1) is 12.1 Å². The summed E-state index contributed by atoms with van der Waals surface area (Å²) < 4.78 is 1.86. The van der Waals surface area contributed by atoms with Gasteiger partial charge in [-0.25, -0.2) is 4.68 Å². The maximum Gasteiger partial charge on any atom is 0.168 e. The molecule has 5 nitrogen and oxygen atoms in total. The van der Waals surface area contributed by atoms with E-state index in [1.54, 1.807) is 11.3 Å². The van der Waals surface area contributed by atoms with Crippen molar-refractivity contribution in [3.63, 3.8) is 0 Å². The Kier molecular flexibility index (Phi) is 3.86. The molecule has 0 bridgehead atoms. The van der Waals surface area contributed by atoms with Gasteiger partial charge in [0.25, 0.3) is 0 Å². The zero-order chi connectivity index (χ0) is 12.3. The van der Waals surface area contributed by atoms with Gasteiger partial charge in [-0.05, 0) is 35.2 Å². The van der Waals surface area contributed by atoms with Crippen molar-refractivity contribution >= 4 is 11.3 Å². The molecule has 2 unspecified atom stereocenters. The van der Waals surface area contributed by atoms with E-state index < -0.39 is 0 Å². The SMILES string of the molecule is CCCC(c1cccs1)n1nnnc1C(C)N. The third-order valence-electron chi connectivity index (χ3n) is 2.65. The second kappa shape index (κ2) is 5.37. The Morgan fingerprint density at radius 2 is 2.35 bits per heavy atom. The van der Waals surface area contributed by atoms with Gasteiger partial charge in [0.2, 0.25) is 0 Å². The van der Waals surface area contributed by atoms with E-state index in [9.17, 15) is 0 Å². The van der Waals surface area contributed by atoms with Crippen LogP contribution in [0.1, 0.15) is 49.5 Å². The van der Waals surface area contributed by atoms with Crippen LogP contribution in [0.2, 0.25) is 0 Å². The van der Waals surface area contributed by atoms with Gasteiger partial charge in [-0.2, -0.15) is 0 Å². The molecule has 0 aromatic carbocycles. The van der Waals surface area contributed by atoms with E-state index in [0.29, 0.717) is 0 Å². The summed E-state index contributed by atoms with van der Waals surface area (Å²) in [5, 5.41) is 13.9. The molecule has 0 amide bonds. The number of rotatable bonds is 5. The lowest BCUT2D eigenvalue weighted by Gasteiger charge is -2.17. The normalized spacial score (nSPS) is 14.8. The van der Waals surface area contributed by atoms with Crippen LogP contribution in [0.15, 0.2) is 17.5 Å². The molecular formula is C11H17N5S. The van der Waals surface area contributed by atoms with E-state index >= 15 is 0 Å². The van der Waals surface area contributed by atoms with Crippen LogP contribution in [0.5, 0.6) is 0 Å². The van der Waals surface area contributed by atoms with Crippen LogP contribution in [-0.4, -0.2) is 20.2 Å². The van der Waals surface area contributed by atoms with Crippen LogP contribution in [0.3, 0.4) is 0 Å². The minimum Gasteiger partial charge on any atom is -0.322 e. The molecule has 0 spiro atoms. The number of nitrogens with two attached hydrogens (primary N) is 1. The molecule has 2 aromatic heterocycles. The molecule has 17 heavy (non-hydrogen) atoms. The van der Waals surface area contributed by atoms with Crippen molar-refractivity contribution < 1.29 is 0 Å². The molecule has 6 heteroatoms. The van der Waals surface area contributed by atoms with Crippen molar-refractivity contribution in [1.29, 1.82) is 0 Å². The van der Waals surface area contributed by atoms with Gasteiger partial charge in [-0.1, -0.05) is 19.4 Å². The highest BCUT2D eigenvalue weighted by molar-refractivity contribution is 7.10. The second-order valence-electron chi connectivity index (χ2n) is 4.09. The molecule has 2 N–H and O–H groups in total. The number of tetrazole rings is 1. The molecule has 0 radical (unpaired) electrons. The van der Waals surface area contributed by atoms with Crippen LogP contribution in [0, 0.1) is 0 Å². The van der Waals surface area contributed by atoms with E-state index in [1.165, 1.54) is 4.88 Å². The second-order valence-corrected chi connectivity index (χ2v) is 5.07. The Labute approximate surface area is 105 Å². The van der Waals surface area contributed by atoms with Gasteiger partial charge >= 0.3 is 0 Å². The number of hydrogen-bond acceptors (Lipinski definition) is 5. The van der Waals surface area contributed by atoms with Gasteiger partial charge in [0, 0.05) is 4.88 Å². The third kappa shape index (κ3) is 2.53. The summed E-state index contributed by atoms with van der Waals surface area (Å²) in [5.41, 5.74) is 5.89.